The Kier molecular flexibility index (Phi) is 7.54. The maximum atomic E-state index is 6.33. The zero-order valence-electron chi connectivity index (χ0n) is 33.3. The van der Waals surface area contributed by atoms with Gasteiger partial charge >= 0.3 is 0 Å². The first-order valence-electron chi connectivity index (χ1n) is 20.9. The van der Waals surface area contributed by atoms with Crippen LogP contribution in [0.15, 0.2) is 211 Å². The van der Waals surface area contributed by atoms with Crippen LogP contribution in [0.3, 0.4) is 0 Å². The average molecular weight is 791 g/mol. The number of hydrogen-bond donors (Lipinski definition) is 0. The summed E-state index contributed by atoms with van der Waals surface area (Å²) in [6, 6.07) is 73.0. The molecule has 62 heavy (non-hydrogen) atoms. The molecule has 0 atom stereocenters. The van der Waals surface area contributed by atoms with Gasteiger partial charge < -0.3 is 8.98 Å². The second kappa shape index (κ2) is 13.6. The van der Waals surface area contributed by atoms with Crippen molar-refractivity contribution in [2.24, 2.45) is 0 Å². The Labute approximate surface area is 355 Å². The summed E-state index contributed by atoms with van der Waals surface area (Å²) in [6.45, 7) is 0. The first-order valence-corrected chi connectivity index (χ1v) is 20.9. The minimum Gasteiger partial charge on any atom is -0.456 e. The van der Waals surface area contributed by atoms with E-state index in [1.165, 1.54) is 32.3 Å². The van der Waals surface area contributed by atoms with E-state index in [0.717, 1.165) is 77.2 Å². The van der Waals surface area contributed by atoms with Gasteiger partial charge in [-0.3, -0.25) is 0 Å². The van der Waals surface area contributed by atoms with Gasteiger partial charge in [0.15, 0.2) is 17.5 Å². The molecule has 13 rings (SSSR count). The Bertz CT molecular complexity index is 3850. The summed E-state index contributed by atoms with van der Waals surface area (Å²) in [5, 5.41) is 11.6. The highest BCUT2D eigenvalue weighted by molar-refractivity contribution is 6.14. The van der Waals surface area contributed by atoms with Crippen LogP contribution in [0.4, 0.5) is 0 Å². The van der Waals surface area contributed by atoms with Gasteiger partial charge in [0.1, 0.15) is 11.2 Å². The quantitative estimate of drug-likeness (QED) is 0.174. The molecule has 0 aliphatic carbocycles. The maximum absolute atomic E-state index is 6.33. The molecule has 5 nitrogen and oxygen atoms in total. The van der Waals surface area contributed by atoms with E-state index < -0.39 is 0 Å². The Balaban J connectivity index is 1.08. The second-order valence-electron chi connectivity index (χ2n) is 16.0. The van der Waals surface area contributed by atoms with Gasteiger partial charge in [-0.15, -0.1) is 0 Å². The smallest absolute Gasteiger partial charge is 0.164 e. The molecule has 0 radical (unpaired) electrons. The van der Waals surface area contributed by atoms with Crippen LogP contribution < -0.4 is 0 Å². The Morgan fingerprint density at radius 2 is 0.806 bits per heavy atom. The van der Waals surface area contributed by atoms with Crippen LogP contribution in [-0.4, -0.2) is 19.5 Å². The molecule has 0 spiro atoms. The van der Waals surface area contributed by atoms with E-state index in [1.54, 1.807) is 0 Å². The molecule has 10 aromatic carbocycles. The van der Waals surface area contributed by atoms with Crippen molar-refractivity contribution in [2.45, 2.75) is 0 Å². The van der Waals surface area contributed by atoms with Crippen LogP contribution in [0.1, 0.15) is 0 Å². The zero-order valence-corrected chi connectivity index (χ0v) is 33.3. The fourth-order valence-corrected chi connectivity index (χ4v) is 9.33. The molecule has 0 aliphatic heterocycles. The molecule has 0 bridgehead atoms. The molecule has 0 amide bonds. The number of fused-ring (bicyclic) bond motifs is 9. The lowest BCUT2D eigenvalue weighted by molar-refractivity contribution is 0.669. The Morgan fingerprint density at radius 3 is 1.48 bits per heavy atom. The number of aromatic nitrogens is 4. The van der Waals surface area contributed by atoms with Gasteiger partial charge in [-0.25, -0.2) is 15.0 Å². The Hall–Kier alpha value is -8.41. The lowest BCUT2D eigenvalue weighted by Crippen LogP contribution is -2.02. The molecule has 288 valence electrons. The summed E-state index contributed by atoms with van der Waals surface area (Å²) >= 11 is 0. The first kappa shape index (κ1) is 34.5. The monoisotopic (exact) mass is 790 g/mol. The third-order valence-corrected chi connectivity index (χ3v) is 12.4. The fourth-order valence-electron chi connectivity index (χ4n) is 9.33. The summed E-state index contributed by atoms with van der Waals surface area (Å²) in [7, 11) is 0. The van der Waals surface area contributed by atoms with E-state index in [9.17, 15) is 0 Å². The van der Waals surface area contributed by atoms with Gasteiger partial charge in [0, 0.05) is 43.8 Å². The van der Waals surface area contributed by atoms with E-state index >= 15 is 0 Å². The number of rotatable bonds is 5. The van der Waals surface area contributed by atoms with Crippen molar-refractivity contribution in [1.29, 1.82) is 0 Å². The molecule has 0 aliphatic rings. The van der Waals surface area contributed by atoms with Crippen LogP contribution in [-0.2, 0) is 0 Å². The maximum Gasteiger partial charge on any atom is 0.164 e. The van der Waals surface area contributed by atoms with Gasteiger partial charge in [-0.1, -0.05) is 140 Å². The standard InChI is InChI=1S/C57H34N4O/c1-3-13-37-29-42(23-21-35(37)11-1)55-58-56(43-24-22-36-12-2-4-14-38(36)30-43)60-57(59-55)44-25-27-51(47(33-44)41-26-28-54-49(32-41)46-18-8-10-20-53(46)62-54)61-50-19-9-7-17-45(50)48-31-39-15-5-6-16-40(39)34-52(48)61/h1-34H. The fraction of sp³-hybridized carbons (Fsp3) is 0. The summed E-state index contributed by atoms with van der Waals surface area (Å²) < 4.78 is 8.75. The second-order valence-corrected chi connectivity index (χ2v) is 16.0. The van der Waals surface area contributed by atoms with E-state index in [1.807, 2.05) is 12.1 Å². The minimum atomic E-state index is 0.599. The predicted octanol–water partition coefficient (Wildman–Crippen LogP) is 15.0. The van der Waals surface area contributed by atoms with Crippen molar-refractivity contribution in [1.82, 2.24) is 19.5 Å². The van der Waals surface area contributed by atoms with Gasteiger partial charge in [0.05, 0.1) is 16.7 Å². The van der Waals surface area contributed by atoms with Crippen molar-refractivity contribution in [2.75, 3.05) is 0 Å². The van der Waals surface area contributed by atoms with Crippen molar-refractivity contribution in [3.05, 3.63) is 206 Å². The topological polar surface area (TPSA) is 56.7 Å². The van der Waals surface area contributed by atoms with Crippen molar-refractivity contribution < 1.29 is 4.42 Å². The Morgan fingerprint density at radius 1 is 0.306 bits per heavy atom. The number of hydrogen-bond acceptors (Lipinski definition) is 4. The van der Waals surface area contributed by atoms with Crippen LogP contribution in [0.5, 0.6) is 0 Å². The molecule has 0 N–H and O–H groups in total. The summed E-state index contributed by atoms with van der Waals surface area (Å²) in [6.07, 6.45) is 0. The molecule has 0 unspecified atom stereocenters. The molecule has 13 aromatic rings. The van der Waals surface area contributed by atoms with Gasteiger partial charge in [0.25, 0.3) is 0 Å². The molecule has 3 aromatic heterocycles. The predicted molar refractivity (Wildman–Crippen MR) is 256 cm³/mol. The first-order chi connectivity index (χ1) is 30.7. The lowest BCUT2D eigenvalue weighted by atomic mass is 9.98. The van der Waals surface area contributed by atoms with Crippen LogP contribution in [0, 0.1) is 0 Å². The molecule has 0 saturated carbocycles. The molecule has 5 heteroatoms. The third kappa shape index (κ3) is 5.52. The van der Waals surface area contributed by atoms with Gasteiger partial charge in [-0.05, 0) is 105 Å². The molecule has 0 fully saturated rings. The third-order valence-electron chi connectivity index (χ3n) is 12.4. The van der Waals surface area contributed by atoms with E-state index in [4.69, 9.17) is 19.4 Å². The van der Waals surface area contributed by atoms with Gasteiger partial charge in [-0.2, -0.15) is 0 Å². The SMILES string of the molecule is c1ccc2cc(-c3nc(-c4ccc(-n5c6ccccc6c6cc7ccccc7cc65)c(-c5ccc6oc7ccccc7c6c5)c4)nc(-c4ccc5ccccc5c4)n3)ccc2c1. The van der Waals surface area contributed by atoms with Crippen LogP contribution in [0.25, 0.3) is 127 Å². The number of benzene rings is 10. The summed E-state index contributed by atoms with van der Waals surface area (Å²) in [4.78, 5) is 15.7. The normalized spacial score (nSPS) is 11.9. The molecular formula is C57H34N4O. The van der Waals surface area contributed by atoms with Gasteiger partial charge in [0.2, 0.25) is 0 Å². The lowest BCUT2D eigenvalue weighted by Gasteiger charge is -2.16. The van der Waals surface area contributed by atoms with Crippen molar-refractivity contribution >= 4 is 76.1 Å². The highest BCUT2D eigenvalue weighted by Gasteiger charge is 2.20. The molecule has 3 heterocycles. The highest BCUT2D eigenvalue weighted by atomic mass is 16.3. The summed E-state index contributed by atoms with van der Waals surface area (Å²) in [5.41, 5.74) is 9.92. The highest BCUT2D eigenvalue weighted by Crippen LogP contribution is 2.41. The van der Waals surface area contributed by atoms with Crippen molar-refractivity contribution in [3.8, 4) is 51.0 Å². The minimum absolute atomic E-state index is 0.599. The largest absolute Gasteiger partial charge is 0.456 e. The summed E-state index contributed by atoms with van der Waals surface area (Å²) in [5.74, 6) is 1.84. The average Bonchev–Trinajstić information content (AvgIpc) is 3.87. The van der Waals surface area contributed by atoms with Crippen LogP contribution in [0.2, 0.25) is 0 Å². The number of nitrogens with zero attached hydrogens (tertiary/aromatic N) is 4. The van der Waals surface area contributed by atoms with E-state index in [0.29, 0.717) is 17.5 Å². The molecule has 0 saturated heterocycles. The molecular weight excluding hydrogens is 757 g/mol. The zero-order chi connectivity index (χ0) is 40.7. The van der Waals surface area contributed by atoms with E-state index in [2.05, 4.69) is 199 Å². The van der Waals surface area contributed by atoms with Crippen LogP contribution >= 0.6 is 0 Å². The van der Waals surface area contributed by atoms with E-state index in [-0.39, 0.29) is 0 Å². The van der Waals surface area contributed by atoms with Crippen molar-refractivity contribution in [3.63, 3.8) is 0 Å². The number of para-hydroxylation sites is 2. The number of furan rings is 1.